The summed E-state index contributed by atoms with van der Waals surface area (Å²) < 4.78 is 7.72. The van der Waals surface area contributed by atoms with Gasteiger partial charge in [-0.1, -0.05) is 0 Å². The van der Waals surface area contributed by atoms with Crippen molar-refractivity contribution >= 4 is 15.9 Å². The maximum absolute atomic E-state index is 9.01. The minimum absolute atomic E-state index is 0.513. The van der Waals surface area contributed by atoms with E-state index in [9.17, 15) is 0 Å². The van der Waals surface area contributed by atoms with Crippen molar-refractivity contribution in [1.29, 1.82) is 5.26 Å². The van der Waals surface area contributed by atoms with Gasteiger partial charge in [0.15, 0.2) is 5.69 Å². The second-order valence-electron chi connectivity index (χ2n) is 3.70. The van der Waals surface area contributed by atoms with Crippen LogP contribution in [-0.2, 0) is 7.05 Å². The summed E-state index contributed by atoms with van der Waals surface area (Å²) in [6.45, 7) is 2.59. The van der Waals surface area contributed by atoms with Crippen LogP contribution in [-0.4, -0.2) is 16.2 Å². The van der Waals surface area contributed by atoms with Gasteiger partial charge in [0.2, 0.25) is 0 Å². The number of imidazole rings is 1. The minimum atomic E-state index is 0.513. The molecule has 18 heavy (non-hydrogen) atoms. The van der Waals surface area contributed by atoms with E-state index in [0.717, 1.165) is 17.1 Å². The van der Waals surface area contributed by atoms with Gasteiger partial charge in [-0.25, -0.2) is 4.98 Å². The van der Waals surface area contributed by atoms with E-state index in [1.807, 2.05) is 38.2 Å². The molecule has 1 aromatic carbocycles. The zero-order valence-corrected chi connectivity index (χ0v) is 11.7. The first-order valence-corrected chi connectivity index (χ1v) is 6.32. The van der Waals surface area contributed by atoms with E-state index in [0.29, 0.717) is 16.9 Å². The minimum Gasteiger partial charge on any atom is -0.494 e. The lowest BCUT2D eigenvalue weighted by Gasteiger charge is -2.05. The van der Waals surface area contributed by atoms with Gasteiger partial charge in [0.1, 0.15) is 22.2 Å². The lowest BCUT2D eigenvalue weighted by molar-refractivity contribution is 0.340. The highest BCUT2D eigenvalue weighted by atomic mass is 79.9. The second kappa shape index (κ2) is 5.23. The van der Waals surface area contributed by atoms with Crippen LogP contribution in [0.25, 0.3) is 11.4 Å². The van der Waals surface area contributed by atoms with E-state index >= 15 is 0 Å². The Kier molecular flexibility index (Phi) is 3.68. The molecule has 0 fully saturated rings. The van der Waals surface area contributed by atoms with Gasteiger partial charge in [-0.15, -0.1) is 0 Å². The Balaban J connectivity index is 2.40. The van der Waals surface area contributed by atoms with Crippen LogP contribution in [0.15, 0.2) is 28.9 Å². The topological polar surface area (TPSA) is 50.8 Å². The number of halogens is 1. The highest BCUT2D eigenvalue weighted by Crippen LogP contribution is 2.25. The Morgan fingerprint density at radius 3 is 2.56 bits per heavy atom. The zero-order chi connectivity index (χ0) is 13.1. The Morgan fingerprint density at radius 2 is 2.06 bits per heavy atom. The van der Waals surface area contributed by atoms with Crippen molar-refractivity contribution < 1.29 is 4.74 Å². The molecule has 0 amide bonds. The third-order valence-corrected chi connectivity index (χ3v) is 3.13. The zero-order valence-electron chi connectivity index (χ0n) is 10.1. The van der Waals surface area contributed by atoms with E-state index in [-0.39, 0.29) is 0 Å². The van der Waals surface area contributed by atoms with E-state index in [1.165, 1.54) is 0 Å². The first-order valence-electron chi connectivity index (χ1n) is 5.53. The number of ether oxygens (including phenoxy) is 1. The van der Waals surface area contributed by atoms with Gasteiger partial charge in [-0.2, -0.15) is 5.26 Å². The normalized spacial score (nSPS) is 10.1. The molecular formula is C13H12BrN3O. The summed E-state index contributed by atoms with van der Waals surface area (Å²) in [6, 6.07) is 9.77. The summed E-state index contributed by atoms with van der Waals surface area (Å²) in [4.78, 5) is 4.34. The summed E-state index contributed by atoms with van der Waals surface area (Å²) in [5, 5.41) is 9.01. The molecule has 4 nitrogen and oxygen atoms in total. The Hall–Kier alpha value is -1.80. The molecule has 0 spiro atoms. The van der Waals surface area contributed by atoms with Crippen molar-refractivity contribution in [3.63, 3.8) is 0 Å². The highest BCUT2D eigenvalue weighted by Gasteiger charge is 2.13. The van der Waals surface area contributed by atoms with Gasteiger partial charge in [0.25, 0.3) is 0 Å². The predicted molar refractivity (Wildman–Crippen MR) is 72.2 cm³/mol. The van der Waals surface area contributed by atoms with Crippen LogP contribution in [0.1, 0.15) is 12.6 Å². The van der Waals surface area contributed by atoms with Crippen molar-refractivity contribution in [2.45, 2.75) is 6.92 Å². The fourth-order valence-corrected chi connectivity index (χ4v) is 2.23. The fourth-order valence-electron chi connectivity index (χ4n) is 1.71. The summed E-state index contributed by atoms with van der Waals surface area (Å²) in [7, 11) is 1.82. The van der Waals surface area contributed by atoms with Crippen molar-refractivity contribution in [3.8, 4) is 23.2 Å². The molecule has 92 valence electrons. The molecule has 0 bridgehead atoms. The monoisotopic (exact) mass is 305 g/mol. The van der Waals surface area contributed by atoms with Gasteiger partial charge in [0, 0.05) is 12.6 Å². The second-order valence-corrected chi connectivity index (χ2v) is 4.45. The lowest BCUT2D eigenvalue weighted by atomic mass is 10.2. The van der Waals surface area contributed by atoms with Crippen LogP contribution in [0.5, 0.6) is 5.75 Å². The summed E-state index contributed by atoms with van der Waals surface area (Å²) in [6.07, 6.45) is 0. The van der Waals surface area contributed by atoms with Crippen molar-refractivity contribution in [2.75, 3.05) is 6.61 Å². The molecule has 0 N–H and O–H groups in total. The fraction of sp³-hybridized carbons (Fsp3) is 0.231. The average Bonchev–Trinajstić information content (AvgIpc) is 2.66. The number of benzene rings is 1. The van der Waals surface area contributed by atoms with Crippen LogP contribution in [0, 0.1) is 11.3 Å². The SMILES string of the molecule is CCOc1ccc(-c2nc(Br)c(C#N)n2C)cc1. The maximum atomic E-state index is 9.01. The van der Waals surface area contributed by atoms with Gasteiger partial charge < -0.3 is 9.30 Å². The van der Waals surface area contributed by atoms with Gasteiger partial charge in [0.05, 0.1) is 6.61 Å². The summed E-state index contributed by atoms with van der Waals surface area (Å²) in [5.41, 5.74) is 1.46. The lowest BCUT2D eigenvalue weighted by Crippen LogP contribution is -1.96. The van der Waals surface area contributed by atoms with E-state index in [4.69, 9.17) is 10.00 Å². The third-order valence-electron chi connectivity index (χ3n) is 2.58. The predicted octanol–water partition coefficient (Wildman–Crippen LogP) is 3.12. The van der Waals surface area contributed by atoms with Crippen LogP contribution >= 0.6 is 15.9 Å². The Morgan fingerprint density at radius 1 is 1.39 bits per heavy atom. The summed E-state index contributed by atoms with van der Waals surface area (Å²) >= 11 is 3.29. The standard InChI is InChI=1S/C13H12BrN3O/c1-3-18-10-6-4-9(5-7-10)13-16-12(14)11(8-15)17(13)2/h4-7H,3H2,1-2H3. The smallest absolute Gasteiger partial charge is 0.154 e. The van der Waals surface area contributed by atoms with Crippen LogP contribution in [0.2, 0.25) is 0 Å². The molecule has 0 unspecified atom stereocenters. The largest absolute Gasteiger partial charge is 0.494 e. The molecule has 0 saturated heterocycles. The summed E-state index contributed by atoms with van der Waals surface area (Å²) in [5.74, 6) is 1.58. The molecule has 1 heterocycles. The number of aromatic nitrogens is 2. The first-order chi connectivity index (χ1) is 8.67. The number of hydrogen-bond donors (Lipinski definition) is 0. The number of rotatable bonds is 3. The Labute approximate surface area is 114 Å². The number of nitriles is 1. The molecule has 0 aliphatic carbocycles. The molecule has 0 aliphatic heterocycles. The quantitative estimate of drug-likeness (QED) is 0.875. The van der Waals surface area contributed by atoms with Crippen molar-refractivity contribution in [2.24, 2.45) is 7.05 Å². The molecule has 5 heteroatoms. The van der Waals surface area contributed by atoms with Gasteiger partial charge in [-0.05, 0) is 47.1 Å². The van der Waals surface area contributed by atoms with Gasteiger partial charge >= 0.3 is 0 Å². The van der Waals surface area contributed by atoms with Crippen LogP contribution < -0.4 is 4.74 Å². The van der Waals surface area contributed by atoms with E-state index in [2.05, 4.69) is 27.0 Å². The molecule has 0 radical (unpaired) electrons. The molecule has 0 atom stereocenters. The molecule has 0 aliphatic rings. The number of hydrogen-bond acceptors (Lipinski definition) is 3. The van der Waals surface area contributed by atoms with Crippen LogP contribution in [0.4, 0.5) is 0 Å². The molecule has 2 aromatic rings. The van der Waals surface area contributed by atoms with E-state index < -0.39 is 0 Å². The van der Waals surface area contributed by atoms with Gasteiger partial charge in [-0.3, -0.25) is 0 Å². The molecule has 2 rings (SSSR count). The Bertz CT molecular complexity index is 596. The third kappa shape index (κ3) is 2.24. The molecule has 0 saturated carbocycles. The average molecular weight is 306 g/mol. The number of nitrogens with zero attached hydrogens (tertiary/aromatic N) is 3. The molecular weight excluding hydrogens is 294 g/mol. The maximum Gasteiger partial charge on any atom is 0.154 e. The van der Waals surface area contributed by atoms with Crippen molar-refractivity contribution in [3.05, 3.63) is 34.6 Å². The van der Waals surface area contributed by atoms with Crippen molar-refractivity contribution in [1.82, 2.24) is 9.55 Å². The first kappa shape index (κ1) is 12.7. The molecule has 1 aromatic heterocycles. The van der Waals surface area contributed by atoms with Crippen LogP contribution in [0.3, 0.4) is 0 Å². The highest BCUT2D eigenvalue weighted by molar-refractivity contribution is 9.10. The van der Waals surface area contributed by atoms with E-state index in [1.54, 1.807) is 4.57 Å².